The molecule has 30 heavy (non-hydrogen) atoms. The molecule has 0 bridgehead atoms. The summed E-state index contributed by atoms with van der Waals surface area (Å²) >= 11 is 0. The standard InChI is InChI=1S/C21H18O9/c1-25-18(23)15-16(19(24)26-2)21(27-3,28-4)30-20(15)13-10-6-8-11-7-5-9-12(14(11)13)17(22)29-20/h5-10H,1-4H3/t20-/m0/s1. The fraction of sp³-hybridized carbons (Fsp3) is 0.286. The molecule has 0 saturated heterocycles. The van der Waals surface area contributed by atoms with Gasteiger partial charge in [-0.2, -0.15) is 0 Å². The highest BCUT2D eigenvalue weighted by molar-refractivity contribution is 6.11. The van der Waals surface area contributed by atoms with Crippen LogP contribution in [-0.4, -0.2) is 52.3 Å². The van der Waals surface area contributed by atoms with Crippen LogP contribution in [0.25, 0.3) is 10.8 Å². The molecule has 9 heteroatoms. The van der Waals surface area contributed by atoms with E-state index in [1.807, 2.05) is 0 Å². The Kier molecular flexibility index (Phi) is 4.61. The van der Waals surface area contributed by atoms with Crippen molar-refractivity contribution >= 4 is 28.7 Å². The van der Waals surface area contributed by atoms with Crippen LogP contribution in [0.3, 0.4) is 0 Å². The molecule has 1 spiro atoms. The summed E-state index contributed by atoms with van der Waals surface area (Å²) in [6, 6.07) is 10.2. The van der Waals surface area contributed by atoms with Crippen molar-refractivity contribution in [3.05, 3.63) is 58.7 Å². The first-order valence-electron chi connectivity index (χ1n) is 8.87. The van der Waals surface area contributed by atoms with Crippen molar-refractivity contribution in [3.63, 3.8) is 0 Å². The van der Waals surface area contributed by atoms with Gasteiger partial charge in [-0.25, -0.2) is 14.4 Å². The van der Waals surface area contributed by atoms with Crippen LogP contribution in [0.2, 0.25) is 0 Å². The topological polar surface area (TPSA) is 107 Å². The van der Waals surface area contributed by atoms with Crippen LogP contribution in [0.15, 0.2) is 47.5 Å². The molecule has 2 aromatic carbocycles. The summed E-state index contributed by atoms with van der Waals surface area (Å²) in [5.74, 6) is -7.06. The number of benzene rings is 2. The van der Waals surface area contributed by atoms with Crippen molar-refractivity contribution < 1.29 is 42.8 Å². The second-order valence-corrected chi connectivity index (χ2v) is 6.52. The zero-order chi connectivity index (χ0) is 21.7. The zero-order valence-corrected chi connectivity index (χ0v) is 16.6. The molecule has 0 saturated carbocycles. The van der Waals surface area contributed by atoms with Crippen LogP contribution in [0.1, 0.15) is 15.9 Å². The summed E-state index contributed by atoms with van der Waals surface area (Å²) in [7, 11) is 4.66. The largest absolute Gasteiger partial charge is 0.465 e. The average Bonchev–Trinajstić information content (AvgIpc) is 3.07. The number of carbonyl (C=O) groups is 3. The van der Waals surface area contributed by atoms with E-state index in [0.717, 1.165) is 14.2 Å². The van der Waals surface area contributed by atoms with Crippen LogP contribution >= 0.6 is 0 Å². The van der Waals surface area contributed by atoms with Gasteiger partial charge in [0, 0.05) is 25.2 Å². The predicted octanol–water partition coefficient (Wildman–Crippen LogP) is 1.78. The molecule has 4 rings (SSSR count). The minimum absolute atomic E-state index is 0.286. The molecule has 0 unspecified atom stereocenters. The lowest BCUT2D eigenvalue weighted by atomic mass is 9.87. The van der Waals surface area contributed by atoms with Gasteiger partial charge in [-0.05, 0) is 11.5 Å². The minimum Gasteiger partial charge on any atom is -0.465 e. The highest BCUT2D eigenvalue weighted by Gasteiger charge is 2.67. The molecule has 2 aliphatic rings. The summed E-state index contributed by atoms with van der Waals surface area (Å²) in [6.07, 6.45) is 0. The molecule has 2 aromatic rings. The smallest absolute Gasteiger partial charge is 0.342 e. The molecule has 9 nitrogen and oxygen atoms in total. The van der Waals surface area contributed by atoms with Crippen LogP contribution < -0.4 is 0 Å². The van der Waals surface area contributed by atoms with Crippen LogP contribution in [-0.2, 0) is 43.8 Å². The van der Waals surface area contributed by atoms with Crippen LogP contribution in [0.5, 0.6) is 0 Å². The molecule has 1 atom stereocenters. The maximum absolute atomic E-state index is 12.9. The van der Waals surface area contributed by atoms with Crippen molar-refractivity contribution in [2.24, 2.45) is 0 Å². The van der Waals surface area contributed by atoms with Crippen molar-refractivity contribution in [2.75, 3.05) is 28.4 Å². The van der Waals surface area contributed by atoms with E-state index in [1.54, 1.807) is 36.4 Å². The molecule has 2 aliphatic heterocycles. The first-order valence-corrected chi connectivity index (χ1v) is 8.87. The maximum atomic E-state index is 12.9. The van der Waals surface area contributed by atoms with Gasteiger partial charge in [0.2, 0.25) is 0 Å². The predicted molar refractivity (Wildman–Crippen MR) is 99.9 cm³/mol. The summed E-state index contributed by atoms with van der Waals surface area (Å²) in [6.45, 7) is 0. The van der Waals surface area contributed by atoms with Crippen LogP contribution in [0.4, 0.5) is 0 Å². The SMILES string of the molecule is COC(=O)C1=C(C(=O)OC)[C@@]2(OC(=O)c3cccc4cccc2c34)OC1(OC)OC. The fourth-order valence-electron chi connectivity index (χ4n) is 3.93. The lowest BCUT2D eigenvalue weighted by Gasteiger charge is -2.37. The Morgan fingerprint density at radius 2 is 1.47 bits per heavy atom. The van der Waals surface area contributed by atoms with Crippen LogP contribution in [0, 0.1) is 0 Å². The Morgan fingerprint density at radius 3 is 2.07 bits per heavy atom. The Bertz CT molecular complexity index is 1110. The quantitative estimate of drug-likeness (QED) is 0.420. The average molecular weight is 414 g/mol. The third-order valence-electron chi connectivity index (χ3n) is 5.20. The highest BCUT2D eigenvalue weighted by atomic mass is 16.9. The first-order chi connectivity index (χ1) is 14.4. The van der Waals surface area contributed by atoms with Gasteiger partial charge in [-0.15, -0.1) is 0 Å². The zero-order valence-electron chi connectivity index (χ0n) is 16.6. The van der Waals surface area contributed by atoms with E-state index in [9.17, 15) is 14.4 Å². The molecule has 0 radical (unpaired) electrons. The number of rotatable bonds is 4. The van der Waals surface area contributed by atoms with Gasteiger partial charge in [0.25, 0.3) is 5.79 Å². The first kappa shape index (κ1) is 20.0. The Balaban J connectivity index is 2.15. The summed E-state index contributed by atoms with van der Waals surface area (Å²) in [5.41, 5.74) is -0.233. The van der Waals surface area contributed by atoms with E-state index < -0.39 is 40.8 Å². The second kappa shape index (κ2) is 6.91. The van der Waals surface area contributed by atoms with Crippen molar-refractivity contribution in [1.82, 2.24) is 0 Å². The molecule has 0 fully saturated rings. The van der Waals surface area contributed by atoms with E-state index in [1.165, 1.54) is 14.2 Å². The lowest BCUT2D eigenvalue weighted by Crippen LogP contribution is -2.46. The molecule has 0 aliphatic carbocycles. The van der Waals surface area contributed by atoms with E-state index >= 15 is 0 Å². The van der Waals surface area contributed by atoms with E-state index in [-0.39, 0.29) is 5.56 Å². The van der Waals surface area contributed by atoms with Gasteiger partial charge in [-0.1, -0.05) is 30.3 Å². The molecule has 0 N–H and O–H groups in total. The van der Waals surface area contributed by atoms with E-state index in [0.29, 0.717) is 16.3 Å². The monoisotopic (exact) mass is 414 g/mol. The molecule has 156 valence electrons. The number of fused-ring (bicyclic) bond motifs is 1. The Hall–Kier alpha value is -3.27. The molecule has 2 heterocycles. The molecular formula is C21H18O9. The van der Waals surface area contributed by atoms with Crippen molar-refractivity contribution in [2.45, 2.75) is 11.8 Å². The number of ether oxygens (including phenoxy) is 6. The highest BCUT2D eigenvalue weighted by Crippen LogP contribution is 2.54. The van der Waals surface area contributed by atoms with Gasteiger partial charge in [-0.3, -0.25) is 4.74 Å². The van der Waals surface area contributed by atoms with Crippen molar-refractivity contribution in [3.8, 4) is 0 Å². The number of hydrogen-bond donors (Lipinski definition) is 0. The molecule has 0 aromatic heterocycles. The summed E-state index contributed by atoms with van der Waals surface area (Å²) in [5, 5.41) is 1.21. The van der Waals surface area contributed by atoms with Gasteiger partial charge in [0.1, 0.15) is 11.1 Å². The summed E-state index contributed by atoms with van der Waals surface area (Å²) < 4.78 is 32.1. The Morgan fingerprint density at radius 1 is 0.867 bits per heavy atom. The minimum atomic E-state index is -2.19. The van der Waals surface area contributed by atoms with E-state index in [2.05, 4.69) is 0 Å². The van der Waals surface area contributed by atoms with Gasteiger partial charge >= 0.3 is 23.9 Å². The summed E-state index contributed by atoms with van der Waals surface area (Å²) in [4.78, 5) is 38.6. The van der Waals surface area contributed by atoms with Gasteiger partial charge < -0.3 is 23.7 Å². The van der Waals surface area contributed by atoms with Gasteiger partial charge in [0.15, 0.2) is 0 Å². The number of methoxy groups -OCH3 is 4. The Labute approximate surface area is 171 Å². The fourth-order valence-corrected chi connectivity index (χ4v) is 3.93. The number of esters is 3. The van der Waals surface area contributed by atoms with E-state index in [4.69, 9.17) is 28.4 Å². The second-order valence-electron chi connectivity index (χ2n) is 6.52. The maximum Gasteiger partial charge on any atom is 0.342 e. The third kappa shape index (κ3) is 2.43. The molecule has 0 amide bonds. The number of hydrogen-bond acceptors (Lipinski definition) is 9. The lowest BCUT2D eigenvalue weighted by molar-refractivity contribution is -0.388. The normalized spacial score (nSPS) is 21.7. The number of carbonyl (C=O) groups excluding carboxylic acids is 3. The third-order valence-corrected chi connectivity index (χ3v) is 5.20. The molecular weight excluding hydrogens is 396 g/mol. The van der Waals surface area contributed by atoms with Crippen molar-refractivity contribution in [1.29, 1.82) is 0 Å². The van der Waals surface area contributed by atoms with Gasteiger partial charge in [0.05, 0.1) is 19.8 Å².